The molecule has 2 bridgehead atoms. The summed E-state index contributed by atoms with van der Waals surface area (Å²) < 4.78 is 18.6. The van der Waals surface area contributed by atoms with Crippen LogP contribution in [0.15, 0.2) is 86.0 Å². The molecule has 2 aromatic carbocycles. The summed E-state index contributed by atoms with van der Waals surface area (Å²) in [6.45, 7) is 11.7. The number of aliphatic hydroxyl groups excluding tert-OH is 1. The second-order valence-electron chi connectivity index (χ2n) is 14.6. The van der Waals surface area contributed by atoms with E-state index < -0.39 is 59.6 Å². The molecule has 0 radical (unpaired) electrons. The van der Waals surface area contributed by atoms with Crippen LogP contribution in [0.4, 0.5) is 0 Å². The van der Waals surface area contributed by atoms with Gasteiger partial charge in [0.25, 0.3) is 0 Å². The Hall–Kier alpha value is -3.84. The van der Waals surface area contributed by atoms with Crippen LogP contribution in [0.2, 0.25) is 0 Å². The Balaban J connectivity index is 1.54. The van der Waals surface area contributed by atoms with E-state index >= 15 is 0 Å². The smallest absolute Gasteiger partial charge is 0.313 e. The fraction of sp³-hybridized carbons (Fsp3) is 0.512. The molecule has 1 unspecified atom stereocenters. The third-order valence-corrected chi connectivity index (χ3v) is 11.3. The van der Waals surface area contributed by atoms with Crippen LogP contribution in [0, 0.1) is 17.8 Å². The maximum atomic E-state index is 14.9. The molecule has 0 saturated carbocycles. The van der Waals surface area contributed by atoms with Gasteiger partial charge in [-0.1, -0.05) is 103 Å². The van der Waals surface area contributed by atoms with Crippen molar-refractivity contribution >= 4 is 39.6 Å². The molecule has 3 heterocycles. The van der Waals surface area contributed by atoms with E-state index in [1.165, 1.54) is 12.0 Å². The number of halogens is 1. The molecule has 53 heavy (non-hydrogen) atoms. The van der Waals surface area contributed by atoms with E-state index in [0.717, 1.165) is 5.56 Å². The lowest BCUT2D eigenvalue weighted by molar-refractivity contribution is -0.163. The number of rotatable bonds is 19. The summed E-state index contributed by atoms with van der Waals surface area (Å²) in [5.74, 6) is -3.74. The number of carbonyl (C=O) groups is 4. The number of aliphatic hydroxyl groups is 1. The number of nitrogens with one attached hydrogen (secondary N) is 1. The summed E-state index contributed by atoms with van der Waals surface area (Å²) in [4.78, 5) is 60.2. The van der Waals surface area contributed by atoms with Gasteiger partial charge >= 0.3 is 5.97 Å². The Morgan fingerprint density at radius 3 is 2.40 bits per heavy atom. The molecular weight excluding hydrogens is 742 g/mol. The molecule has 9 atom stereocenters. The van der Waals surface area contributed by atoms with Crippen molar-refractivity contribution in [3.8, 4) is 0 Å². The summed E-state index contributed by atoms with van der Waals surface area (Å²) in [7, 11) is 1.50. The summed E-state index contributed by atoms with van der Waals surface area (Å²) in [5, 5.41) is 13.7. The third kappa shape index (κ3) is 8.46. The first-order chi connectivity index (χ1) is 25.5. The van der Waals surface area contributed by atoms with Crippen molar-refractivity contribution < 1.29 is 38.5 Å². The molecular formula is C41H52BrN3O8. The molecule has 3 saturated heterocycles. The number of methoxy groups -OCH3 is 1. The number of hydrogen-bond donors (Lipinski definition) is 2. The quantitative estimate of drug-likeness (QED) is 0.119. The number of benzene rings is 2. The second kappa shape index (κ2) is 18.0. The molecule has 3 aliphatic heterocycles. The second-order valence-corrected chi connectivity index (χ2v) is 15.8. The SMILES string of the molecule is C=CCCC(=O)N[C@@H](COC)[C@@H](OC(=O)[C@@H]1[C@H]2O[C@@]3(CC2Br)[C@H](C(=O)N(CC=C)Cc2ccccc2)N([C@@H](CO)CC(C)C)C(=O)[C@@H]13)c1ccccc1. The largest absolute Gasteiger partial charge is 0.455 e. The zero-order valence-electron chi connectivity index (χ0n) is 30.8. The fourth-order valence-electron chi connectivity index (χ4n) is 8.32. The molecule has 2 aromatic rings. The molecule has 3 fully saturated rings. The van der Waals surface area contributed by atoms with E-state index in [2.05, 4.69) is 34.4 Å². The molecule has 3 amide bonds. The summed E-state index contributed by atoms with van der Waals surface area (Å²) >= 11 is 3.75. The van der Waals surface area contributed by atoms with Crippen molar-refractivity contribution in [2.45, 2.75) is 86.8 Å². The van der Waals surface area contributed by atoms with E-state index in [1.54, 1.807) is 29.2 Å². The Kier molecular flexibility index (Phi) is 13.7. The van der Waals surface area contributed by atoms with Gasteiger partial charge in [0.1, 0.15) is 17.7 Å². The minimum absolute atomic E-state index is 0.0446. The molecule has 3 aliphatic rings. The van der Waals surface area contributed by atoms with Crippen LogP contribution >= 0.6 is 15.9 Å². The normalized spacial score (nSPS) is 26.1. The number of fused-ring (bicyclic) bond motifs is 1. The number of carbonyl (C=O) groups excluding carboxylic acids is 4. The van der Waals surface area contributed by atoms with Gasteiger partial charge in [0.2, 0.25) is 17.7 Å². The summed E-state index contributed by atoms with van der Waals surface area (Å²) in [6.07, 6.45) is 2.96. The Bertz CT molecular complexity index is 1610. The predicted molar refractivity (Wildman–Crippen MR) is 203 cm³/mol. The van der Waals surface area contributed by atoms with Crippen molar-refractivity contribution in [2.75, 3.05) is 26.9 Å². The zero-order valence-corrected chi connectivity index (χ0v) is 32.4. The van der Waals surface area contributed by atoms with E-state index in [-0.39, 0.29) is 55.3 Å². The van der Waals surface area contributed by atoms with E-state index in [9.17, 15) is 24.3 Å². The minimum Gasteiger partial charge on any atom is -0.455 e. The summed E-state index contributed by atoms with van der Waals surface area (Å²) in [5.41, 5.74) is 0.162. The fourth-order valence-corrected chi connectivity index (χ4v) is 9.26. The van der Waals surface area contributed by atoms with Crippen molar-refractivity contribution in [2.24, 2.45) is 17.8 Å². The van der Waals surface area contributed by atoms with Gasteiger partial charge in [0.15, 0.2) is 0 Å². The van der Waals surface area contributed by atoms with Gasteiger partial charge in [0.05, 0.1) is 43.2 Å². The van der Waals surface area contributed by atoms with Gasteiger partial charge in [-0.3, -0.25) is 19.2 Å². The lowest BCUT2D eigenvalue weighted by Gasteiger charge is -2.40. The van der Waals surface area contributed by atoms with Crippen molar-refractivity contribution in [1.82, 2.24) is 15.1 Å². The highest BCUT2D eigenvalue weighted by molar-refractivity contribution is 9.09. The lowest BCUT2D eigenvalue weighted by Crippen LogP contribution is -2.59. The Labute approximate surface area is 320 Å². The Morgan fingerprint density at radius 2 is 1.79 bits per heavy atom. The Morgan fingerprint density at radius 1 is 1.11 bits per heavy atom. The average Bonchev–Trinajstić information content (AvgIpc) is 3.75. The van der Waals surface area contributed by atoms with Crippen LogP contribution in [0.25, 0.3) is 0 Å². The molecule has 11 nitrogen and oxygen atoms in total. The van der Waals surface area contributed by atoms with Crippen molar-refractivity contribution in [3.05, 3.63) is 97.1 Å². The van der Waals surface area contributed by atoms with Gasteiger partial charge < -0.3 is 34.4 Å². The van der Waals surface area contributed by atoms with E-state index in [4.69, 9.17) is 14.2 Å². The first kappa shape index (κ1) is 40.3. The number of ether oxygens (including phenoxy) is 3. The number of likely N-dealkylation sites (tertiary alicyclic amines) is 1. The number of esters is 1. The van der Waals surface area contributed by atoms with Crippen LogP contribution in [0.1, 0.15) is 56.8 Å². The van der Waals surface area contributed by atoms with Crippen LogP contribution < -0.4 is 5.32 Å². The van der Waals surface area contributed by atoms with E-state index in [1.807, 2.05) is 62.4 Å². The zero-order chi connectivity index (χ0) is 38.3. The monoisotopic (exact) mass is 793 g/mol. The standard InChI is InChI=1S/C41H52BrN3O8/c1-6-8-19-32(47)43-31(25-51-5)35(28-17-13-10-14-18-28)52-40(50)33-34-38(48)45(29(24-46)21-26(3)4)37(41(34)22-30(42)36(33)53-41)39(49)44(20-7-2)23-27-15-11-9-12-16-27/h6-7,9-18,26,29-31,33-37,46H,1-2,8,19-25H2,3-5H3,(H,43,47)/t29-,30?,31+,33+,34-,35+,36+,37+,41-/m1/s1. The number of allylic oxidation sites excluding steroid dienone is 1. The maximum absolute atomic E-state index is 14.9. The minimum atomic E-state index is -1.37. The number of alkyl halides is 1. The van der Waals surface area contributed by atoms with Crippen molar-refractivity contribution in [1.29, 1.82) is 0 Å². The highest BCUT2D eigenvalue weighted by Gasteiger charge is 2.77. The van der Waals surface area contributed by atoms with Crippen molar-refractivity contribution in [3.63, 3.8) is 0 Å². The number of hydrogen-bond acceptors (Lipinski definition) is 8. The van der Waals surface area contributed by atoms with Crippen LogP contribution in [0.3, 0.4) is 0 Å². The molecule has 286 valence electrons. The first-order valence-corrected chi connectivity index (χ1v) is 19.3. The predicted octanol–water partition coefficient (Wildman–Crippen LogP) is 4.74. The first-order valence-electron chi connectivity index (χ1n) is 18.3. The van der Waals surface area contributed by atoms with Crippen LogP contribution in [-0.2, 0) is 39.9 Å². The molecule has 0 aromatic heterocycles. The molecule has 2 N–H and O–H groups in total. The summed E-state index contributed by atoms with van der Waals surface area (Å²) in [6, 6.07) is 16.1. The highest BCUT2D eigenvalue weighted by atomic mass is 79.9. The van der Waals surface area contributed by atoms with Crippen LogP contribution in [0.5, 0.6) is 0 Å². The molecule has 12 heteroatoms. The van der Waals surface area contributed by atoms with Gasteiger partial charge in [-0.25, -0.2) is 0 Å². The van der Waals surface area contributed by atoms with Gasteiger partial charge in [0, 0.05) is 31.4 Å². The topological polar surface area (TPSA) is 135 Å². The van der Waals surface area contributed by atoms with Gasteiger partial charge in [-0.15, -0.1) is 13.2 Å². The number of nitrogens with zero attached hydrogens (tertiary/aromatic N) is 2. The molecule has 5 rings (SSSR count). The van der Waals surface area contributed by atoms with Gasteiger partial charge in [-0.05, 0) is 36.3 Å². The molecule has 1 spiro atoms. The van der Waals surface area contributed by atoms with Gasteiger partial charge in [-0.2, -0.15) is 0 Å². The third-order valence-electron chi connectivity index (χ3n) is 10.5. The van der Waals surface area contributed by atoms with E-state index in [0.29, 0.717) is 24.8 Å². The number of amides is 3. The average molecular weight is 795 g/mol. The highest BCUT2D eigenvalue weighted by Crippen LogP contribution is 2.61. The molecule has 0 aliphatic carbocycles. The lowest BCUT2D eigenvalue weighted by atomic mass is 9.70. The van der Waals surface area contributed by atoms with Crippen LogP contribution in [-0.4, -0.2) is 100 Å². The maximum Gasteiger partial charge on any atom is 0.313 e.